The Hall–Kier alpha value is -3.14. The summed E-state index contributed by atoms with van der Waals surface area (Å²) in [5, 5.41) is 10.3. The number of nitrogens with one attached hydrogen (secondary N) is 2. The van der Waals surface area contributed by atoms with Gasteiger partial charge in [-0.2, -0.15) is 5.10 Å². The largest absolute Gasteiger partial charge is 0.355 e. The molecule has 2 N–H and O–H groups in total. The minimum atomic E-state index is -0.194. The Morgan fingerprint density at radius 2 is 2.15 bits per heavy atom. The molecule has 0 radical (unpaired) electrons. The molecule has 0 atom stereocenters. The van der Waals surface area contributed by atoms with Crippen molar-refractivity contribution in [2.45, 2.75) is 26.7 Å². The second-order valence-electron chi connectivity index (χ2n) is 6.14. The lowest BCUT2D eigenvalue weighted by molar-refractivity contribution is 0.952. The third kappa shape index (κ3) is 3.45. The minimum absolute atomic E-state index is 0.194. The highest BCUT2D eigenvalue weighted by Gasteiger charge is 2.20. The fourth-order valence-corrected chi connectivity index (χ4v) is 3.17. The van der Waals surface area contributed by atoms with Crippen molar-refractivity contribution >= 4 is 17.0 Å². The lowest BCUT2D eigenvalue weighted by Gasteiger charge is -2.24. The molecule has 4 heteroatoms. The van der Waals surface area contributed by atoms with Gasteiger partial charge < -0.3 is 5.32 Å². The first kappa shape index (κ1) is 17.7. The Labute approximate surface area is 153 Å². The molecule has 0 fully saturated rings. The van der Waals surface area contributed by atoms with Crippen molar-refractivity contribution in [3.8, 4) is 0 Å². The van der Waals surface area contributed by atoms with E-state index in [2.05, 4.69) is 35.1 Å². The number of fused-ring (bicyclic) bond motifs is 1. The van der Waals surface area contributed by atoms with E-state index >= 15 is 0 Å². The first-order valence-electron chi connectivity index (χ1n) is 8.80. The van der Waals surface area contributed by atoms with Crippen LogP contribution in [0, 0.1) is 0 Å². The summed E-state index contributed by atoms with van der Waals surface area (Å²) in [5.74, 6) is 0. The van der Waals surface area contributed by atoms with Crippen LogP contribution < -0.4 is 10.9 Å². The molecule has 1 aromatic carbocycles. The van der Waals surface area contributed by atoms with Gasteiger partial charge in [-0.3, -0.25) is 4.79 Å². The highest BCUT2D eigenvalue weighted by atomic mass is 16.1. The van der Waals surface area contributed by atoms with Crippen LogP contribution in [0.4, 0.5) is 5.69 Å². The van der Waals surface area contributed by atoms with Gasteiger partial charge in [0, 0.05) is 11.3 Å². The van der Waals surface area contributed by atoms with E-state index < -0.39 is 0 Å². The molecule has 3 rings (SSSR count). The van der Waals surface area contributed by atoms with Crippen molar-refractivity contribution in [2.75, 3.05) is 5.32 Å². The van der Waals surface area contributed by atoms with Crippen LogP contribution in [-0.2, 0) is 6.42 Å². The predicted molar refractivity (Wildman–Crippen MR) is 109 cm³/mol. The van der Waals surface area contributed by atoms with Gasteiger partial charge in [0.2, 0.25) is 0 Å². The standard InChI is InChI=1S/C22H23N3O/c1-4-9-16(10-5-2)20-14-18(22(26)25-24-20)21-15(6-3)13-17-11-7-8-12-19(17)23-21/h4-5,7-12,14,23H,1,6,13H2,2-3H3,(H,25,26)/b10-5-,16-9+. The summed E-state index contributed by atoms with van der Waals surface area (Å²) in [4.78, 5) is 12.5. The molecule has 0 amide bonds. The summed E-state index contributed by atoms with van der Waals surface area (Å²) < 4.78 is 0. The number of aromatic nitrogens is 2. The van der Waals surface area contributed by atoms with Crippen LogP contribution in [0.25, 0.3) is 11.3 Å². The number of aromatic amines is 1. The third-order valence-electron chi connectivity index (χ3n) is 4.47. The molecule has 1 aliphatic rings. The maximum atomic E-state index is 12.5. The van der Waals surface area contributed by atoms with Gasteiger partial charge in [0.1, 0.15) is 0 Å². The molecule has 0 unspecified atom stereocenters. The Morgan fingerprint density at radius 3 is 2.88 bits per heavy atom. The molecule has 1 aromatic heterocycles. The number of hydrogen-bond acceptors (Lipinski definition) is 3. The Kier molecular flexibility index (Phi) is 5.32. The number of anilines is 1. The SMILES string of the molecule is C=C/C=C(\C=C/C)c1cc(C2=C(CC)Cc3ccccc3N2)c(=O)[nH]n1. The summed E-state index contributed by atoms with van der Waals surface area (Å²) in [6, 6.07) is 10.0. The maximum Gasteiger partial charge on any atom is 0.273 e. The van der Waals surface area contributed by atoms with Crippen LogP contribution in [0.5, 0.6) is 0 Å². The van der Waals surface area contributed by atoms with Crippen LogP contribution in [0.1, 0.15) is 37.1 Å². The highest BCUT2D eigenvalue weighted by molar-refractivity contribution is 5.84. The van der Waals surface area contributed by atoms with Gasteiger partial charge in [0.15, 0.2) is 0 Å². The molecular formula is C22H23N3O. The molecule has 1 aliphatic heterocycles. The molecule has 0 bridgehead atoms. The molecule has 0 spiro atoms. The smallest absolute Gasteiger partial charge is 0.273 e. The van der Waals surface area contributed by atoms with E-state index in [1.165, 1.54) is 11.1 Å². The van der Waals surface area contributed by atoms with Crippen LogP contribution in [-0.4, -0.2) is 10.2 Å². The first-order valence-corrected chi connectivity index (χ1v) is 8.80. The topological polar surface area (TPSA) is 57.8 Å². The summed E-state index contributed by atoms with van der Waals surface area (Å²) in [6.45, 7) is 7.82. The van der Waals surface area contributed by atoms with E-state index in [-0.39, 0.29) is 5.56 Å². The van der Waals surface area contributed by atoms with Gasteiger partial charge in [-0.1, -0.05) is 56.0 Å². The van der Waals surface area contributed by atoms with Gasteiger partial charge in [0.25, 0.3) is 5.56 Å². The lowest BCUT2D eigenvalue weighted by Crippen LogP contribution is -2.21. The first-order chi connectivity index (χ1) is 12.7. The molecule has 26 heavy (non-hydrogen) atoms. The van der Waals surface area contributed by atoms with E-state index in [0.29, 0.717) is 11.3 Å². The van der Waals surface area contributed by atoms with E-state index in [1.807, 2.05) is 49.4 Å². The average Bonchev–Trinajstić information content (AvgIpc) is 2.67. The molecule has 0 saturated carbocycles. The summed E-state index contributed by atoms with van der Waals surface area (Å²) in [5.41, 5.74) is 6.42. The summed E-state index contributed by atoms with van der Waals surface area (Å²) in [7, 11) is 0. The summed E-state index contributed by atoms with van der Waals surface area (Å²) >= 11 is 0. The average molecular weight is 345 g/mol. The number of benzene rings is 1. The van der Waals surface area contributed by atoms with Crippen molar-refractivity contribution < 1.29 is 0 Å². The Bertz CT molecular complexity index is 977. The van der Waals surface area contributed by atoms with E-state index in [1.54, 1.807) is 6.08 Å². The van der Waals surface area contributed by atoms with Crippen molar-refractivity contribution in [1.29, 1.82) is 0 Å². The number of H-pyrrole nitrogens is 1. The van der Waals surface area contributed by atoms with E-state index in [9.17, 15) is 4.79 Å². The normalized spacial score (nSPS) is 14.3. The van der Waals surface area contributed by atoms with Gasteiger partial charge in [-0.15, -0.1) is 0 Å². The molecular weight excluding hydrogens is 322 g/mol. The second-order valence-corrected chi connectivity index (χ2v) is 6.14. The molecule has 0 aliphatic carbocycles. The predicted octanol–water partition coefficient (Wildman–Crippen LogP) is 4.70. The highest BCUT2D eigenvalue weighted by Crippen LogP contribution is 2.33. The number of nitrogens with zero attached hydrogens (tertiary/aromatic N) is 1. The number of para-hydroxylation sites is 1. The zero-order valence-corrected chi connectivity index (χ0v) is 15.2. The van der Waals surface area contributed by atoms with Gasteiger partial charge in [0.05, 0.1) is 17.0 Å². The Balaban J connectivity index is 2.12. The van der Waals surface area contributed by atoms with Crippen molar-refractivity contribution in [2.24, 2.45) is 0 Å². The molecule has 2 aromatic rings. The van der Waals surface area contributed by atoms with Crippen molar-refractivity contribution in [1.82, 2.24) is 10.2 Å². The van der Waals surface area contributed by atoms with E-state index in [4.69, 9.17) is 0 Å². The van der Waals surface area contributed by atoms with Gasteiger partial charge >= 0.3 is 0 Å². The molecule has 4 nitrogen and oxygen atoms in total. The summed E-state index contributed by atoms with van der Waals surface area (Å²) in [6.07, 6.45) is 9.20. The second kappa shape index (κ2) is 7.83. The molecule has 0 saturated heterocycles. The molecule has 132 valence electrons. The van der Waals surface area contributed by atoms with Crippen LogP contribution in [0.15, 0.2) is 71.6 Å². The minimum Gasteiger partial charge on any atom is -0.355 e. The third-order valence-corrected chi connectivity index (χ3v) is 4.47. The van der Waals surface area contributed by atoms with Crippen molar-refractivity contribution in [3.63, 3.8) is 0 Å². The number of allylic oxidation sites excluding steroid dienone is 6. The van der Waals surface area contributed by atoms with E-state index in [0.717, 1.165) is 29.8 Å². The zero-order chi connectivity index (χ0) is 18.5. The van der Waals surface area contributed by atoms with Crippen LogP contribution in [0.3, 0.4) is 0 Å². The lowest BCUT2D eigenvalue weighted by atomic mass is 9.93. The fourth-order valence-electron chi connectivity index (χ4n) is 3.17. The van der Waals surface area contributed by atoms with Gasteiger partial charge in [-0.05, 0) is 43.0 Å². The monoisotopic (exact) mass is 345 g/mol. The zero-order valence-electron chi connectivity index (χ0n) is 15.2. The van der Waals surface area contributed by atoms with Crippen molar-refractivity contribution in [3.05, 3.63) is 94.0 Å². The van der Waals surface area contributed by atoms with Crippen LogP contribution in [0.2, 0.25) is 0 Å². The number of hydrogen-bond donors (Lipinski definition) is 2. The Morgan fingerprint density at radius 1 is 1.35 bits per heavy atom. The maximum absolute atomic E-state index is 12.5. The number of rotatable bonds is 5. The molecule has 2 heterocycles. The van der Waals surface area contributed by atoms with Crippen LogP contribution >= 0.6 is 0 Å². The fraction of sp³-hybridized carbons (Fsp3) is 0.182. The quantitative estimate of drug-likeness (QED) is 0.772. The van der Waals surface area contributed by atoms with Gasteiger partial charge in [-0.25, -0.2) is 5.10 Å².